The Kier molecular flexibility index (Phi) is 10.0. The summed E-state index contributed by atoms with van der Waals surface area (Å²) >= 11 is 0. The van der Waals surface area contributed by atoms with Crippen molar-refractivity contribution in [2.75, 3.05) is 10.6 Å². The Morgan fingerprint density at radius 1 is 0.671 bits per heavy atom. The number of hydrogen-bond donors (Lipinski definition) is 4. The number of quaternary nitrogens is 1. The Labute approximate surface area is 410 Å². The molecule has 14 rings (SSSR count). The number of allylic oxidation sites excluding steroid dienone is 12. The summed E-state index contributed by atoms with van der Waals surface area (Å²) in [4.78, 5) is 2.65. The van der Waals surface area contributed by atoms with E-state index in [0.717, 1.165) is 54.8 Å². The molecule has 0 amide bonds. The topological polar surface area (TPSA) is 84.1 Å². The molecule has 3 aliphatic heterocycles. The van der Waals surface area contributed by atoms with E-state index < -0.39 is 0 Å². The summed E-state index contributed by atoms with van der Waals surface area (Å²) in [6, 6.07) is 44.5. The first kappa shape index (κ1) is 41.5. The molecular weight excluding hydrogens is 857 g/mol. The van der Waals surface area contributed by atoms with E-state index in [1.54, 1.807) is 0 Å². The first-order valence-electron chi connectivity index (χ1n) is 25.4. The fourth-order valence-electron chi connectivity index (χ4n) is 12.8. The van der Waals surface area contributed by atoms with E-state index in [4.69, 9.17) is 10.5 Å². The quantitative estimate of drug-likeness (QED) is 0.120. The minimum atomic E-state index is -0.0686. The number of nitrogen functional groups attached to an aromatic ring is 1. The van der Waals surface area contributed by atoms with Crippen LogP contribution in [-0.4, -0.2) is 28.9 Å². The van der Waals surface area contributed by atoms with Gasteiger partial charge in [-0.15, -0.1) is 0 Å². The zero-order valence-corrected chi connectivity index (χ0v) is 39.2. The minimum absolute atomic E-state index is 0.0420. The van der Waals surface area contributed by atoms with E-state index >= 15 is 0 Å². The van der Waals surface area contributed by atoms with Gasteiger partial charge in [-0.05, 0) is 89.4 Å². The molecule has 1 fully saturated rings. The molecule has 0 saturated carbocycles. The van der Waals surface area contributed by atoms with Gasteiger partial charge in [0.05, 0.1) is 41.1 Å². The molecule has 344 valence electrons. The highest BCUT2D eigenvalue weighted by molar-refractivity contribution is 5.96. The predicted octanol–water partition coefficient (Wildman–Crippen LogP) is 11.7. The average molecular weight is 914 g/mol. The van der Waals surface area contributed by atoms with Gasteiger partial charge in [0.1, 0.15) is 18.0 Å². The van der Waals surface area contributed by atoms with Crippen molar-refractivity contribution in [1.82, 2.24) is 15.2 Å². The van der Waals surface area contributed by atoms with E-state index in [9.17, 15) is 0 Å². The maximum absolute atomic E-state index is 7.44. The predicted molar refractivity (Wildman–Crippen MR) is 284 cm³/mol. The van der Waals surface area contributed by atoms with Crippen molar-refractivity contribution in [3.63, 3.8) is 0 Å². The van der Waals surface area contributed by atoms with Gasteiger partial charge in [-0.2, -0.15) is 0 Å². The van der Waals surface area contributed by atoms with Gasteiger partial charge in [0.2, 0.25) is 0 Å². The molecule has 5 aliphatic carbocycles. The molecule has 8 unspecified atom stereocenters. The van der Waals surface area contributed by atoms with Gasteiger partial charge >= 0.3 is 0 Å². The van der Waals surface area contributed by atoms with Crippen LogP contribution < -0.4 is 26.6 Å². The summed E-state index contributed by atoms with van der Waals surface area (Å²) in [5.41, 5.74) is 25.6. The van der Waals surface area contributed by atoms with Crippen molar-refractivity contribution in [1.29, 1.82) is 0 Å². The Hall–Kier alpha value is -7.42. The number of fused-ring (bicyclic) bond motifs is 9. The van der Waals surface area contributed by atoms with Gasteiger partial charge in [-0.1, -0.05) is 170 Å². The van der Waals surface area contributed by atoms with E-state index in [-0.39, 0.29) is 42.6 Å². The smallest absolute Gasteiger partial charge is 0.169 e. The summed E-state index contributed by atoms with van der Waals surface area (Å²) in [5.74, 6) is 1.52. The molecule has 8 aliphatic rings. The summed E-state index contributed by atoms with van der Waals surface area (Å²) < 4.78 is 9.38. The third-order valence-corrected chi connectivity index (χ3v) is 16.2. The lowest BCUT2D eigenvalue weighted by atomic mass is 9.84. The highest BCUT2D eigenvalue weighted by Crippen LogP contribution is 2.54. The Bertz CT molecular complexity index is 3380. The van der Waals surface area contributed by atoms with Crippen molar-refractivity contribution >= 4 is 28.4 Å². The second kappa shape index (κ2) is 16.9. The number of aromatic nitrogens is 1. The van der Waals surface area contributed by atoms with Crippen LogP contribution in [0.2, 0.25) is 0 Å². The molecule has 7 nitrogen and oxygen atoms in total. The first-order valence-corrected chi connectivity index (χ1v) is 25.4. The highest BCUT2D eigenvalue weighted by atomic mass is 16.5. The summed E-state index contributed by atoms with van der Waals surface area (Å²) in [6.45, 7) is 0. The number of benzene rings is 5. The number of anilines is 2. The maximum atomic E-state index is 7.44. The third-order valence-electron chi connectivity index (χ3n) is 16.2. The fraction of sp³-hybridized carbons (Fsp3) is 0.206. The number of rotatable bonds is 7. The monoisotopic (exact) mass is 913 g/mol. The van der Waals surface area contributed by atoms with E-state index in [1.165, 1.54) is 72.4 Å². The Balaban J connectivity index is 0.815. The molecule has 5 aromatic carbocycles. The molecular formula is C63H57N6O+. The number of nitrogens with zero attached hydrogens (tertiary/aromatic N) is 2. The second-order valence-electron chi connectivity index (χ2n) is 20.1. The standard InChI is InChI=1S/C63H56N6O/c64-51-38-45(63-66-61(43-30-26-41(27-31-43)39-14-3-1-4-15-39)65-62(67-63)44-32-28-42(29-33-44)40-16-5-2-6-17-40)34-36-54(51)69-52-22-10-7-18-46(52)48-35-37-55-58(59(48)69)50-20-8-11-23-53(50)68(55)56-24-13-21-49-47-19-9-12-25-57(47)70-60(49)56/h1,3-5,7-11,13-24,26-32,34-38,44,55-56,58,60-63,65-67H,2,6,12,25,33,64H2/p+1. The zero-order valence-electron chi connectivity index (χ0n) is 39.2. The van der Waals surface area contributed by atoms with Crippen molar-refractivity contribution in [3.8, 4) is 16.8 Å². The van der Waals surface area contributed by atoms with Crippen LogP contribution >= 0.6 is 0 Å². The first-order chi connectivity index (χ1) is 34.6. The van der Waals surface area contributed by atoms with E-state index in [2.05, 4.69) is 226 Å². The number of para-hydroxylation sites is 2. The molecule has 1 aromatic heterocycles. The maximum Gasteiger partial charge on any atom is 0.169 e. The number of ether oxygens (including phenoxy) is 1. The zero-order chi connectivity index (χ0) is 46.3. The van der Waals surface area contributed by atoms with Crippen molar-refractivity contribution in [3.05, 3.63) is 250 Å². The van der Waals surface area contributed by atoms with Crippen LogP contribution in [0, 0.1) is 5.92 Å². The molecule has 0 spiro atoms. The largest absolute Gasteiger partial charge is 0.487 e. The number of nitrogens with two attached hydrogens (primary N) is 2. The van der Waals surface area contributed by atoms with E-state index in [0.29, 0.717) is 5.92 Å². The number of nitrogens with one attached hydrogen (secondary N) is 2. The van der Waals surface area contributed by atoms with Crippen LogP contribution in [0.15, 0.2) is 222 Å². The molecule has 6 N–H and O–H groups in total. The van der Waals surface area contributed by atoms with Gasteiger partial charge in [-0.3, -0.25) is 0 Å². The van der Waals surface area contributed by atoms with Crippen LogP contribution in [0.4, 0.5) is 11.4 Å². The molecule has 0 radical (unpaired) electrons. The van der Waals surface area contributed by atoms with Crippen molar-refractivity contribution in [2.45, 2.75) is 74.7 Å². The Morgan fingerprint density at radius 3 is 2.34 bits per heavy atom. The van der Waals surface area contributed by atoms with Crippen LogP contribution in [0.25, 0.3) is 33.8 Å². The van der Waals surface area contributed by atoms with Gasteiger partial charge in [0, 0.05) is 51.4 Å². The Morgan fingerprint density at radius 2 is 1.49 bits per heavy atom. The number of hydrogen-bond acceptors (Lipinski definition) is 5. The molecule has 0 bridgehead atoms. The molecule has 8 atom stereocenters. The normalized spacial score (nSPS) is 27.0. The summed E-state index contributed by atoms with van der Waals surface area (Å²) in [5, 5.41) is 11.8. The molecule has 4 heterocycles. The third kappa shape index (κ3) is 6.82. The second-order valence-corrected chi connectivity index (χ2v) is 20.1. The molecule has 1 saturated heterocycles. The molecule has 6 aromatic rings. The van der Waals surface area contributed by atoms with E-state index in [1.807, 2.05) is 0 Å². The summed E-state index contributed by atoms with van der Waals surface area (Å²) in [7, 11) is 0. The summed E-state index contributed by atoms with van der Waals surface area (Å²) in [6.07, 6.45) is 35.6. The lowest BCUT2D eigenvalue weighted by Crippen LogP contribution is -3.00. The van der Waals surface area contributed by atoms with Crippen LogP contribution in [0.3, 0.4) is 0 Å². The van der Waals surface area contributed by atoms with Gasteiger partial charge < -0.3 is 25.3 Å². The fourth-order valence-corrected chi connectivity index (χ4v) is 12.8. The van der Waals surface area contributed by atoms with Gasteiger partial charge in [0.15, 0.2) is 6.17 Å². The lowest BCUT2D eigenvalue weighted by Gasteiger charge is -2.40. The van der Waals surface area contributed by atoms with Crippen LogP contribution in [-0.2, 0) is 4.74 Å². The van der Waals surface area contributed by atoms with Crippen molar-refractivity contribution in [2.24, 2.45) is 5.92 Å². The SMILES string of the molecule is Nc1cc(C2NC(c3ccc(-c4ccccc4)cc3)NC(C3C=CC(C4=CCCC=C4)=CC3)[NH2+]2)ccc1-n1c2c(c3ccccc31)C=CC1C2c2ccccc2N1C1C=CC=C2C3=C(CCC=C3)OC21. The lowest BCUT2D eigenvalue weighted by molar-refractivity contribution is -0.753. The molecule has 7 heteroatoms. The van der Waals surface area contributed by atoms with Gasteiger partial charge in [-0.25, -0.2) is 10.6 Å². The van der Waals surface area contributed by atoms with Gasteiger partial charge in [0.25, 0.3) is 0 Å². The van der Waals surface area contributed by atoms with Crippen LogP contribution in [0.5, 0.6) is 0 Å². The van der Waals surface area contributed by atoms with Crippen LogP contribution in [0.1, 0.15) is 78.3 Å². The van der Waals surface area contributed by atoms with Crippen molar-refractivity contribution < 1.29 is 10.1 Å². The highest BCUT2D eigenvalue weighted by Gasteiger charge is 2.49. The minimum Gasteiger partial charge on any atom is -0.487 e. The average Bonchev–Trinajstić information content (AvgIpc) is 4.09. The molecule has 70 heavy (non-hydrogen) atoms.